The maximum absolute atomic E-state index is 5.57. The molecule has 1 N–H and O–H groups in total. The van der Waals surface area contributed by atoms with Gasteiger partial charge in [0.15, 0.2) is 10.6 Å². The van der Waals surface area contributed by atoms with Gasteiger partial charge in [-0.1, -0.05) is 55.5 Å². The van der Waals surface area contributed by atoms with E-state index in [1.165, 1.54) is 21.9 Å². The second-order valence-electron chi connectivity index (χ2n) is 6.19. The molecule has 0 spiro atoms. The van der Waals surface area contributed by atoms with Crippen LogP contribution in [0.25, 0.3) is 27.8 Å². The van der Waals surface area contributed by atoms with E-state index in [9.17, 15) is 0 Å². The Morgan fingerprint density at radius 1 is 1.04 bits per heavy atom. The van der Waals surface area contributed by atoms with Crippen molar-refractivity contribution in [2.45, 2.75) is 20.3 Å². The van der Waals surface area contributed by atoms with Gasteiger partial charge in [-0.15, -0.1) is 0 Å². The van der Waals surface area contributed by atoms with Gasteiger partial charge in [0.1, 0.15) is 0 Å². The lowest BCUT2D eigenvalue weighted by molar-refractivity contribution is 1.04. The quantitative estimate of drug-likeness (QED) is 0.489. The fraction of sp³-hybridized carbons (Fsp3) is 0.143. The molecule has 25 heavy (non-hydrogen) atoms. The summed E-state index contributed by atoms with van der Waals surface area (Å²) in [5.74, 6) is 0.845. The first-order chi connectivity index (χ1) is 12.2. The van der Waals surface area contributed by atoms with Crippen LogP contribution in [0, 0.1) is 11.7 Å². The number of aryl methyl sites for hydroxylation is 2. The van der Waals surface area contributed by atoms with Crippen molar-refractivity contribution in [3.05, 3.63) is 76.6 Å². The standard InChI is InChI=1S/C21H19N3S/c1-3-15-11-12-16-8-6-10-19(18(16)13-15)24-20(22-23-21(24)25)17-9-5-4-7-14(17)2/h4-13H,3H2,1-2H3,(H,23,25). The van der Waals surface area contributed by atoms with Gasteiger partial charge >= 0.3 is 0 Å². The van der Waals surface area contributed by atoms with Crippen LogP contribution < -0.4 is 0 Å². The molecule has 0 amide bonds. The molecule has 0 atom stereocenters. The van der Waals surface area contributed by atoms with Gasteiger partial charge < -0.3 is 0 Å². The molecule has 4 aromatic rings. The molecule has 0 bridgehead atoms. The van der Waals surface area contributed by atoms with E-state index in [1.807, 2.05) is 16.7 Å². The molecule has 0 aliphatic heterocycles. The molecular formula is C21H19N3S. The Bertz CT molecular complexity index is 1120. The zero-order chi connectivity index (χ0) is 17.4. The first-order valence-electron chi connectivity index (χ1n) is 8.44. The van der Waals surface area contributed by atoms with Crippen molar-refractivity contribution < 1.29 is 0 Å². The van der Waals surface area contributed by atoms with Crippen molar-refractivity contribution in [3.63, 3.8) is 0 Å². The highest BCUT2D eigenvalue weighted by Gasteiger charge is 2.14. The Morgan fingerprint density at radius 3 is 2.68 bits per heavy atom. The number of hydrogen-bond acceptors (Lipinski definition) is 2. The highest BCUT2D eigenvalue weighted by atomic mass is 32.1. The molecule has 0 aliphatic rings. The van der Waals surface area contributed by atoms with Gasteiger partial charge in [-0.3, -0.25) is 9.67 Å². The summed E-state index contributed by atoms with van der Waals surface area (Å²) >= 11 is 5.57. The number of hydrogen-bond donors (Lipinski definition) is 1. The first kappa shape index (κ1) is 15.8. The lowest BCUT2D eigenvalue weighted by Crippen LogP contribution is -2.00. The van der Waals surface area contributed by atoms with Crippen LogP contribution in [0.3, 0.4) is 0 Å². The average Bonchev–Trinajstić information content (AvgIpc) is 3.02. The number of aromatic amines is 1. The molecule has 124 valence electrons. The van der Waals surface area contributed by atoms with E-state index in [2.05, 4.69) is 72.6 Å². The molecule has 1 aromatic heterocycles. The minimum Gasteiger partial charge on any atom is -0.268 e. The number of nitrogens with one attached hydrogen (secondary N) is 1. The molecule has 3 nitrogen and oxygen atoms in total. The molecule has 0 aliphatic carbocycles. The van der Waals surface area contributed by atoms with Gasteiger partial charge in [0.05, 0.1) is 5.69 Å². The third-order valence-electron chi connectivity index (χ3n) is 4.63. The molecule has 0 fully saturated rings. The summed E-state index contributed by atoms with van der Waals surface area (Å²) in [6.07, 6.45) is 1.01. The summed E-state index contributed by atoms with van der Waals surface area (Å²) in [5.41, 5.74) is 4.63. The SMILES string of the molecule is CCc1ccc2cccc(-n3c(-c4ccccc4C)n[nH]c3=S)c2c1. The minimum atomic E-state index is 0.604. The van der Waals surface area contributed by atoms with E-state index in [4.69, 9.17) is 12.2 Å². The summed E-state index contributed by atoms with van der Waals surface area (Å²) < 4.78 is 2.65. The highest BCUT2D eigenvalue weighted by Crippen LogP contribution is 2.29. The Labute approximate surface area is 152 Å². The third-order valence-corrected chi connectivity index (χ3v) is 4.90. The summed E-state index contributed by atoms with van der Waals surface area (Å²) in [7, 11) is 0. The summed E-state index contributed by atoms with van der Waals surface area (Å²) in [6, 6.07) is 21.2. The zero-order valence-electron chi connectivity index (χ0n) is 14.3. The van der Waals surface area contributed by atoms with Crippen LogP contribution in [-0.4, -0.2) is 14.8 Å². The molecule has 0 radical (unpaired) electrons. The Balaban J connectivity index is 2.04. The predicted molar refractivity (Wildman–Crippen MR) is 106 cm³/mol. The number of rotatable bonds is 3. The summed E-state index contributed by atoms with van der Waals surface area (Å²) in [6.45, 7) is 4.27. The number of benzene rings is 3. The van der Waals surface area contributed by atoms with Crippen LogP contribution in [-0.2, 0) is 6.42 Å². The van der Waals surface area contributed by atoms with E-state index in [0.29, 0.717) is 4.77 Å². The predicted octanol–water partition coefficient (Wildman–Crippen LogP) is 5.62. The van der Waals surface area contributed by atoms with Crippen LogP contribution in [0.2, 0.25) is 0 Å². The lowest BCUT2D eigenvalue weighted by atomic mass is 10.0. The molecular weight excluding hydrogens is 326 g/mol. The fourth-order valence-electron chi connectivity index (χ4n) is 3.24. The van der Waals surface area contributed by atoms with Crippen molar-refractivity contribution in [1.82, 2.24) is 14.8 Å². The van der Waals surface area contributed by atoms with Crippen molar-refractivity contribution in [3.8, 4) is 17.1 Å². The summed E-state index contributed by atoms with van der Waals surface area (Å²) in [4.78, 5) is 0. The molecule has 0 saturated carbocycles. The van der Waals surface area contributed by atoms with Gasteiger partial charge in [-0.25, -0.2) is 0 Å². The van der Waals surface area contributed by atoms with E-state index in [0.717, 1.165) is 23.5 Å². The number of aromatic nitrogens is 3. The summed E-state index contributed by atoms with van der Waals surface area (Å²) in [5, 5.41) is 9.88. The van der Waals surface area contributed by atoms with Crippen LogP contribution in [0.1, 0.15) is 18.1 Å². The molecule has 4 heteroatoms. The average molecular weight is 345 g/mol. The van der Waals surface area contributed by atoms with Crippen molar-refractivity contribution >= 4 is 23.0 Å². The van der Waals surface area contributed by atoms with Gasteiger partial charge in [-0.2, -0.15) is 5.10 Å². The fourth-order valence-corrected chi connectivity index (χ4v) is 3.47. The zero-order valence-corrected chi connectivity index (χ0v) is 15.1. The second-order valence-corrected chi connectivity index (χ2v) is 6.58. The van der Waals surface area contributed by atoms with Crippen molar-refractivity contribution in [2.24, 2.45) is 0 Å². The number of H-pyrrole nitrogens is 1. The van der Waals surface area contributed by atoms with Crippen LogP contribution >= 0.6 is 12.2 Å². The Morgan fingerprint density at radius 2 is 1.88 bits per heavy atom. The van der Waals surface area contributed by atoms with Crippen molar-refractivity contribution in [2.75, 3.05) is 0 Å². The van der Waals surface area contributed by atoms with Crippen LogP contribution in [0.4, 0.5) is 0 Å². The number of nitrogens with zero attached hydrogens (tertiary/aromatic N) is 2. The molecule has 4 rings (SSSR count). The maximum atomic E-state index is 5.57. The van der Waals surface area contributed by atoms with Crippen LogP contribution in [0.5, 0.6) is 0 Å². The highest BCUT2D eigenvalue weighted by molar-refractivity contribution is 7.71. The minimum absolute atomic E-state index is 0.604. The first-order valence-corrected chi connectivity index (χ1v) is 8.85. The normalized spacial score (nSPS) is 11.1. The van der Waals surface area contributed by atoms with Gasteiger partial charge in [0, 0.05) is 10.9 Å². The van der Waals surface area contributed by atoms with Crippen molar-refractivity contribution in [1.29, 1.82) is 0 Å². The number of fused-ring (bicyclic) bond motifs is 1. The van der Waals surface area contributed by atoms with Gasteiger partial charge in [-0.05, 0) is 54.2 Å². The van der Waals surface area contributed by atoms with E-state index in [-0.39, 0.29) is 0 Å². The Kier molecular flexibility index (Phi) is 3.98. The van der Waals surface area contributed by atoms with Gasteiger partial charge in [0.2, 0.25) is 0 Å². The van der Waals surface area contributed by atoms with E-state index < -0.39 is 0 Å². The van der Waals surface area contributed by atoms with Crippen LogP contribution in [0.15, 0.2) is 60.7 Å². The smallest absolute Gasteiger partial charge is 0.200 e. The van der Waals surface area contributed by atoms with E-state index in [1.54, 1.807) is 0 Å². The topological polar surface area (TPSA) is 33.6 Å². The Hall–Kier alpha value is -2.72. The molecule has 0 saturated heterocycles. The lowest BCUT2D eigenvalue weighted by Gasteiger charge is -2.12. The van der Waals surface area contributed by atoms with E-state index >= 15 is 0 Å². The molecule has 3 aromatic carbocycles. The third kappa shape index (κ3) is 2.68. The molecule has 1 heterocycles. The largest absolute Gasteiger partial charge is 0.268 e. The van der Waals surface area contributed by atoms with Gasteiger partial charge in [0.25, 0.3) is 0 Å². The molecule has 0 unspecified atom stereocenters. The monoisotopic (exact) mass is 345 g/mol. The maximum Gasteiger partial charge on any atom is 0.200 e. The second kappa shape index (κ2) is 6.30.